The summed E-state index contributed by atoms with van der Waals surface area (Å²) in [5, 5.41) is 5.66. The molecule has 6 heteroatoms. The van der Waals surface area contributed by atoms with Gasteiger partial charge in [-0.3, -0.25) is 9.69 Å². The minimum absolute atomic E-state index is 0.00682. The van der Waals surface area contributed by atoms with Crippen LogP contribution in [0.4, 0.5) is 10.5 Å². The Hall–Kier alpha value is -2.08. The smallest absolute Gasteiger partial charge is 0.321 e. The van der Waals surface area contributed by atoms with E-state index in [0.717, 1.165) is 30.9 Å². The van der Waals surface area contributed by atoms with Gasteiger partial charge in [-0.25, -0.2) is 4.79 Å². The lowest BCUT2D eigenvalue weighted by atomic mass is 9.98. The summed E-state index contributed by atoms with van der Waals surface area (Å²) in [7, 11) is 1.64. The van der Waals surface area contributed by atoms with Gasteiger partial charge in [-0.1, -0.05) is 24.6 Å². The molecule has 1 aromatic carbocycles. The highest BCUT2D eigenvalue weighted by Crippen LogP contribution is 2.25. The Morgan fingerprint density at radius 2 is 1.96 bits per heavy atom. The van der Waals surface area contributed by atoms with Crippen molar-refractivity contribution in [2.24, 2.45) is 0 Å². The fourth-order valence-corrected chi connectivity index (χ4v) is 3.92. The molecule has 2 aliphatic rings. The minimum atomic E-state index is -0.0432. The number of urea groups is 1. The van der Waals surface area contributed by atoms with Crippen molar-refractivity contribution in [1.82, 2.24) is 15.1 Å². The first kappa shape index (κ1) is 18.7. The molecular formula is C20H30N4O2. The number of likely N-dealkylation sites (tertiary alicyclic amines) is 2. The number of aryl methyl sites for hydroxylation is 1. The van der Waals surface area contributed by atoms with Crippen molar-refractivity contribution in [3.63, 3.8) is 0 Å². The number of hydrogen-bond acceptors (Lipinski definition) is 3. The second-order valence-electron chi connectivity index (χ2n) is 7.40. The van der Waals surface area contributed by atoms with Gasteiger partial charge >= 0.3 is 6.03 Å². The summed E-state index contributed by atoms with van der Waals surface area (Å²) in [5.41, 5.74) is 1.79. The third-order valence-electron chi connectivity index (χ3n) is 5.63. The molecule has 0 aliphatic carbocycles. The molecule has 0 aromatic heterocycles. The molecule has 3 rings (SSSR count). The van der Waals surface area contributed by atoms with Crippen molar-refractivity contribution in [3.8, 4) is 0 Å². The molecule has 6 nitrogen and oxygen atoms in total. The lowest BCUT2D eigenvalue weighted by molar-refractivity contribution is -0.120. The van der Waals surface area contributed by atoms with Crippen LogP contribution in [0.15, 0.2) is 24.3 Å². The van der Waals surface area contributed by atoms with E-state index in [1.54, 1.807) is 7.05 Å². The van der Waals surface area contributed by atoms with Crippen LogP contribution in [0.2, 0.25) is 0 Å². The van der Waals surface area contributed by atoms with Gasteiger partial charge in [-0.2, -0.15) is 0 Å². The van der Waals surface area contributed by atoms with Gasteiger partial charge in [0.25, 0.3) is 0 Å². The van der Waals surface area contributed by atoms with Crippen LogP contribution in [-0.2, 0) is 11.2 Å². The first-order chi connectivity index (χ1) is 12.6. The van der Waals surface area contributed by atoms with E-state index in [9.17, 15) is 9.59 Å². The van der Waals surface area contributed by atoms with E-state index in [1.807, 2.05) is 29.2 Å². The van der Waals surface area contributed by atoms with Gasteiger partial charge in [-0.05, 0) is 44.4 Å². The number of carbonyl (C=O) groups is 2. The molecule has 2 aliphatic heterocycles. The second kappa shape index (κ2) is 8.54. The number of nitrogens with zero attached hydrogens (tertiary/aromatic N) is 2. The van der Waals surface area contributed by atoms with Crippen molar-refractivity contribution in [2.75, 3.05) is 32.0 Å². The Kier molecular flexibility index (Phi) is 6.14. The fraction of sp³-hybridized carbons (Fsp3) is 0.600. The van der Waals surface area contributed by atoms with E-state index in [2.05, 4.69) is 22.5 Å². The molecule has 1 atom stereocenters. The molecule has 2 saturated heterocycles. The molecule has 0 bridgehead atoms. The first-order valence-corrected chi connectivity index (χ1v) is 9.68. The summed E-state index contributed by atoms with van der Waals surface area (Å²) in [6.45, 7) is 5.06. The van der Waals surface area contributed by atoms with Gasteiger partial charge in [0.15, 0.2) is 0 Å². The molecular weight excluding hydrogens is 328 g/mol. The quantitative estimate of drug-likeness (QED) is 0.850. The van der Waals surface area contributed by atoms with Crippen LogP contribution >= 0.6 is 0 Å². The molecule has 0 radical (unpaired) electrons. The maximum atomic E-state index is 12.6. The Morgan fingerprint density at radius 1 is 1.19 bits per heavy atom. The highest BCUT2D eigenvalue weighted by atomic mass is 16.2. The van der Waals surface area contributed by atoms with Crippen LogP contribution in [0, 0.1) is 0 Å². The predicted octanol–water partition coefficient (Wildman–Crippen LogP) is 2.46. The highest BCUT2D eigenvalue weighted by Gasteiger charge is 2.37. The van der Waals surface area contributed by atoms with Crippen LogP contribution in [-0.4, -0.2) is 60.5 Å². The van der Waals surface area contributed by atoms with Crippen molar-refractivity contribution >= 4 is 17.6 Å². The molecule has 26 heavy (non-hydrogen) atoms. The van der Waals surface area contributed by atoms with Crippen molar-refractivity contribution in [1.29, 1.82) is 0 Å². The number of nitrogens with one attached hydrogen (secondary N) is 2. The molecule has 142 valence electrons. The number of anilines is 1. The summed E-state index contributed by atoms with van der Waals surface area (Å²) in [5.74, 6) is 0.00682. The average molecular weight is 358 g/mol. The summed E-state index contributed by atoms with van der Waals surface area (Å²) in [6, 6.07) is 8.80. The molecule has 1 aromatic rings. The van der Waals surface area contributed by atoms with E-state index in [-0.39, 0.29) is 11.9 Å². The van der Waals surface area contributed by atoms with Crippen LogP contribution in [0.5, 0.6) is 0 Å². The van der Waals surface area contributed by atoms with E-state index in [0.29, 0.717) is 24.9 Å². The van der Waals surface area contributed by atoms with Crippen LogP contribution < -0.4 is 10.6 Å². The molecule has 2 N–H and O–H groups in total. The Balaban J connectivity index is 1.52. The zero-order valence-corrected chi connectivity index (χ0v) is 15.8. The van der Waals surface area contributed by atoms with Crippen LogP contribution in [0.1, 0.15) is 38.2 Å². The second-order valence-corrected chi connectivity index (χ2v) is 7.40. The first-order valence-electron chi connectivity index (χ1n) is 9.68. The number of amides is 3. The molecule has 2 heterocycles. The lowest BCUT2D eigenvalue weighted by Gasteiger charge is -2.49. The van der Waals surface area contributed by atoms with Gasteiger partial charge in [0.1, 0.15) is 0 Å². The highest BCUT2D eigenvalue weighted by molar-refractivity contribution is 5.91. The third kappa shape index (κ3) is 4.36. The molecule has 3 amide bonds. The molecule has 2 fully saturated rings. The Bertz CT molecular complexity index is 642. The zero-order chi connectivity index (χ0) is 18.5. The van der Waals surface area contributed by atoms with E-state index in [4.69, 9.17) is 0 Å². The van der Waals surface area contributed by atoms with Gasteiger partial charge in [0, 0.05) is 44.3 Å². The van der Waals surface area contributed by atoms with Crippen molar-refractivity contribution < 1.29 is 9.59 Å². The van der Waals surface area contributed by atoms with Gasteiger partial charge in [-0.15, -0.1) is 0 Å². The third-order valence-corrected chi connectivity index (χ3v) is 5.63. The maximum absolute atomic E-state index is 12.6. The Morgan fingerprint density at radius 3 is 2.69 bits per heavy atom. The summed E-state index contributed by atoms with van der Waals surface area (Å²) in [6.07, 6.45) is 4.89. The topological polar surface area (TPSA) is 64.7 Å². The van der Waals surface area contributed by atoms with Gasteiger partial charge < -0.3 is 15.5 Å². The van der Waals surface area contributed by atoms with Crippen molar-refractivity contribution in [2.45, 2.75) is 51.1 Å². The number of rotatable bonds is 5. The minimum Gasteiger partial charge on any atom is -0.359 e. The number of para-hydroxylation sites is 1. The van der Waals surface area contributed by atoms with E-state index < -0.39 is 0 Å². The summed E-state index contributed by atoms with van der Waals surface area (Å²) in [4.78, 5) is 28.5. The maximum Gasteiger partial charge on any atom is 0.321 e. The van der Waals surface area contributed by atoms with Crippen LogP contribution in [0.25, 0.3) is 0 Å². The number of carbonyl (C=O) groups excluding carboxylic acids is 2. The van der Waals surface area contributed by atoms with E-state index >= 15 is 0 Å². The zero-order valence-electron chi connectivity index (χ0n) is 15.8. The summed E-state index contributed by atoms with van der Waals surface area (Å²) >= 11 is 0. The SMILES string of the molecule is CNC(=O)CCc1ccccc1NC(=O)N1CC(N2CCCC[C@H]2C)C1. The normalized spacial score (nSPS) is 21.2. The molecule has 0 unspecified atom stereocenters. The number of benzene rings is 1. The standard InChI is InChI=1S/C20H30N4O2/c1-15-7-5-6-12-24(15)17-13-23(14-17)20(26)22-18-9-4-3-8-16(18)10-11-19(25)21-2/h3-4,8-9,15,17H,5-7,10-14H2,1-2H3,(H,21,25)(H,22,26)/t15-/m1/s1. The average Bonchev–Trinajstić information content (AvgIpc) is 2.61. The van der Waals surface area contributed by atoms with E-state index in [1.165, 1.54) is 19.3 Å². The summed E-state index contributed by atoms with van der Waals surface area (Å²) < 4.78 is 0. The number of piperidine rings is 1. The van der Waals surface area contributed by atoms with Crippen LogP contribution in [0.3, 0.4) is 0 Å². The van der Waals surface area contributed by atoms with Crippen molar-refractivity contribution in [3.05, 3.63) is 29.8 Å². The number of hydrogen-bond donors (Lipinski definition) is 2. The predicted molar refractivity (Wildman–Crippen MR) is 103 cm³/mol. The Labute approximate surface area is 155 Å². The fourth-order valence-electron chi connectivity index (χ4n) is 3.92. The largest absolute Gasteiger partial charge is 0.359 e. The monoisotopic (exact) mass is 358 g/mol. The van der Waals surface area contributed by atoms with Gasteiger partial charge in [0.05, 0.1) is 0 Å². The van der Waals surface area contributed by atoms with Gasteiger partial charge in [0.2, 0.25) is 5.91 Å². The molecule has 0 spiro atoms. The lowest BCUT2D eigenvalue weighted by Crippen LogP contribution is -2.64. The molecule has 0 saturated carbocycles.